The molecule has 0 saturated heterocycles. The zero-order valence-corrected chi connectivity index (χ0v) is 19.0. The van der Waals surface area contributed by atoms with Crippen molar-refractivity contribution in [2.24, 2.45) is 0 Å². The van der Waals surface area contributed by atoms with Crippen molar-refractivity contribution in [3.05, 3.63) is 62.8 Å². The fraction of sp³-hybridized carbons (Fsp3) is 0. The molecule has 0 fully saturated rings. The first kappa shape index (κ1) is 18.1. The van der Waals surface area contributed by atoms with Gasteiger partial charge in [-0.25, -0.2) is 15.0 Å². The first-order chi connectivity index (χ1) is 14.5. The lowest BCUT2D eigenvalue weighted by Crippen LogP contribution is -1.81. The minimum Gasteiger partial charge on any atom is -0.338 e. The van der Waals surface area contributed by atoms with E-state index in [1.54, 1.807) is 0 Å². The van der Waals surface area contributed by atoms with Crippen molar-refractivity contribution < 1.29 is 0 Å². The number of rotatable bonds is 2. The molecule has 3 heterocycles. The molecule has 0 unspecified atom stereocenters. The van der Waals surface area contributed by atoms with E-state index in [9.17, 15) is 0 Å². The van der Waals surface area contributed by atoms with Crippen LogP contribution in [0.15, 0.2) is 57.5 Å². The van der Waals surface area contributed by atoms with Gasteiger partial charge in [0.25, 0.3) is 0 Å². The van der Waals surface area contributed by atoms with Crippen LogP contribution in [0.3, 0.4) is 0 Å². The topological polar surface area (TPSA) is 86.0 Å². The normalized spacial score (nSPS) is 11.8. The monoisotopic (exact) mass is 540 g/mol. The van der Waals surface area contributed by atoms with Crippen molar-refractivity contribution in [2.75, 3.05) is 0 Å². The number of aromatic amines is 3. The Labute approximate surface area is 191 Å². The molecule has 0 atom stereocenters. The molecule has 6 aromatic rings. The summed E-state index contributed by atoms with van der Waals surface area (Å²) in [6.45, 7) is 0. The standard InChI is InChI=1S/C21H11Br2ClN6/c22-11-7-17-18(8-12(11)23)28-20(27-17)9-1-3-13-15(5-9)26-19(25-13)10-2-4-14-16(6-10)30-21(24)29-14/h1-8H,(H,25,26)(H,27,28)(H,29,30). The zero-order chi connectivity index (χ0) is 20.4. The molecule has 3 N–H and O–H groups in total. The van der Waals surface area contributed by atoms with E-state index in [1.165, 1.54) is 0 Å². The van der Waals surface area contributed by atoms with E-state index in [1.807, 2.05) is 42.5 Å². The fourth-order valence-corrected chi connectivity index (χ4v) is 4.43. The van der Waals surface area contributed by atoms with Crippen LogP contribution in [0.5, 0.6) is 0 Å². The Balaban J connectivity index is 1.43. The Hall–Kier alpha value is -2.68. The number of benzene rings is 3. The molecule has 0 aliphatic rings. The summed E-state index contributed by atoms with van der Waals surface area (Å²) < 4.78 is 1.95. The fourth-order valence-electron chi connectivity index (χ4n) is 3.56. The number of halogens is 3. The molecule has 9 heteroatoms. The third-order valence-electron chi connectivity index (χ3n) is 5.01. The van der Waals surface area contributed by atoms with Gasteiger partial charge in [-0.1, -0.05) is 0 Å². The van der Waals surface area contributed by atoms with Crippen LogP contribution in [0, 0.1) is 0 Å². The Morgan fingerprint density at radius 3 is 1.83 bits per heavy atom. The van der Waals surface area contributed by atoms with Gasteiger partial charge in [0.05, 0.1) is 33.1 Å². The van der Waals surface area contributed by atoms with Gasteiger partial charge in [0.1, 0.15) is 11.6 Å². The SMILES string of the molecule is Clc1nc2ccc(-c3nc4ccc(-c5nc6cc(Br)c(Br)cc6[nH]5)cc4[nH]3)cc2[nH]1. The number of hydrogen-bond acceptors (Lipinski definition) is 3. The first-order valence-corrected chi connectivity index (χ1v) is 11.0. The second kappa shape index (κ2) is 6.66. The molecule has 3 aromatic carbocycles. The third-order valence-corrected chi connectivity index (χ3v) is 7.03. The summed E-state index contributed by atoms with van der Waals surface area (Å²) in [5, 5.41) is 0.376. The highest BCUT2D eigenvalue weighted by molar-refractivity contribution is 9.13. The zero-order valence-electron chi connectivity index (χ0n) is 15.1. The average molecular weight is 543 g/mol. The van der Waals surface area contributed by atoms with E-state index < -0.39 is 0 Å². The van der Waals surface area contributed by atoms with Crippen LogP contribution in [-0.2, 0) is 0 Å². The summed E-state index contributed by atoms with van der Waals surface area (Å²) >= 11 is 13.0. The summed E-state index contributed by atoms with van der Waals surface area (Å²) in [6, 6.07) is 16.0. The van der Waals surface area contributed by atoms with Gasteiger partial charge in [-0.05, 0) is 92.0 Å². The number of imidazole rings is 3. The van der Waals surface area contributed by atoms with E-state index in [2.05, 4.69) is 57.9 Å². The molecule has 0 amide bonds. The summed E-state index contributed by atoms with van der Waals surface area (Å²) in [7, 11) is 0. The molecule has 0 aliphatic heterocycles. The van der Waals surface area contributed by atoms with Gasteiger partial charge < -0.3 is 15.0 Å². The molecule has 0 bridgehead atoms. The molecule has 0 radical (unpaired) electrons. The van der Waals surface area contributed by atoms with Crippen LogP contribution in [0.1, 0.15) is 0 Å². The quantitative estimate of drug-likeness (QED) is 0.224. The largest absolute Gasteiger partial charge is 0.338 e. The minimum atomic E-state index is 0.376. The van der Waals surface area contributed by atoms with Crippen LogP contribution >= 0.6 is 43.5 Å². The van der Waals surface area contributed by atoms with Crippen molar-refractivity contribution in [1.82, 2.24) is 29.9 Å². The lowest BCUT2D eigenvalue weighted by Gasteiger charge is -1.96. The number of nitrogens with zero attached hydrogens (tertiary/aromatic N) is 3. The Kier molecular flexibility index (Phi) is 4.02. The third kappa shape index (κ3) is 2.94. The number of aromatic nitrogens is 6. The molecule has 0 saturated carbocycles. The second-order valence-electron chi connectivity index (χ2n) is 6.95. The number of fused-ring (bicyclic) bond motifs is 3. The van der Waals surface area contributed by atoms with Gasteiger partial charge in [-0.2, -0.15) is 0 Å². The Bertz CT molecular complexity index is 1560. The Morgan fingerprint density at radius 1 is 0.600 bits per heavy atom. The van der Waals surface area contributed by atoms with Gasteiger partial charge in [0.2, 0.25) is 5.28 Å². The van der Waals surface area contributed by atoms with Crippen LogP contribution in [0.4, 0.5) is 0 Å². The summed E-state index contributed by atoms with van der Waals surface area (Å²) in [6.07, 6.45) is 0. The summed E-state index contributed by atoms with van der Waals surface area (Å²) in [5.41, 5.74) is 7.33. The van der Waals surface area contributed by atoms with Crippen LogP contribution < -0.4 is 0 Å². The number of H-pyrrole nitrogens is 3. The molecule has 6 rings (SSSR count). The highest BCUT2D eigenvalue weighted by atomic mass is 79.9. The van der Waals surface area contributed by atoms with Gasteiger partial charge in [0, 0.05) is 20.1 Å². The maximum atomic E-state index is 5.96. The maximum absolute atomic E-state index is 5.96. The molecule has 3 aromatic heterocycles. The van der Waals surface area contributed by atoms with E-state index in [-0.39, 0.29) is 0 Å². The summed E-state index contributed by atoms with van der Waals surface area (Å²) in [4.78, 5) is 23.5. The molecular weight excluding hydrogens is 532 g/mol. The second-order valence-corrected chi connectivity index (χ2v) is 9.01. The Morgan fingerprint density at radius 2 is 1.13 bits per heavy atom. The lowest BCUT2D eigenvalue weighted by atomic mass is 10.2. The van der Waals surface area contributed by atoms with Crippen LogP contribution in [0.2, 0.25) is 5.28 Å². The van der Waals surface area contributed by atoms with Gasteiger partial charge in [-0.3, -0.25) is 0 Å². The molecule has 146 valence electrons. The van der Waals surface area contributed by atoms with Crippen molar-refractivity contribution in [2.45, 2.75) is 0 Å². The highest BCUT2D eigenvalue weighted by Crippen LogP contribution is 2.31. The van der Waals surface area contributed by atoms with Crippen molar-refractivity contribution in [3.63, 3.8) is 0 Å². The molecule has 30 heavy (non-hydrogen) atoms. The van der Waals surface area contributed by atoms with Gasteiger partial charge in [-0.15, -0.1) is 0 Å². The predicted octanol–water partition coefficient (Wildman–Crippen LogP) is 6.83. The maximum Gasteiger partial charge on any atom is 0.201 e. The van der Waals surface area contributed by atoms with E-state index in [0.717, 1.165) is 64.8 Å². The van der Waals surface area contributed by atoms with Crippen molar-refractivity contribution >= 4 is 76.6 Å². The van der Waals surface area contributed by atoms with Gasteiger partial charge in [0.15, 0.2) is 0 Å². The smallest absolute Gasteiger partial charge is 0.201 e. The van der Waals surface area contributed by atoms with E-state index in [4.69, 9.17) is 21.6 Å². The lowest BCUT2D eigenvalue weighted by molar-refractivity contribution is 1.33. The number of hydrogen-bond donors (Lipinski definition) is 3. The molecule has 0 aliphatic carbocycles. The first-order valence-electron chi connectivity index (χ1n) is 9.04. The van der Waals surface area contributed by atoms with E-state index in [0.29, 0.717) is 5.28 Å². The minimum absolute atomic E-state index is 0.376. The average Bonchev–Trinajstić information content (AvgIpc) is 3.42. The van der Waals surface area contributed by atoms with Crippen LogP contribution in [0.25, 0.3) is 55.9 Å². The van der Waals surface area contributed by atoms with Gasteiger partial charge >= 0.3 is 0 Å². The van der Waals surface area contributed by atoms with Crippen molar-refractivity contribution in [3.8, 4) is 22.8 Å². The predicted molar refractivity (Wildman–Crippen MR) is 127 cm³/mol. The highest BCUT2D eigenvalue weighted by Gasteiger charge is 2.12. The van der Waals surface area contributed by atoms with E-state index >= 15 is 0 Å². The number of nitrogens with one attached hydrogen (secondary N) is 3. The molecule has 0 spiro atoms. The van der Waals surface area contributed by atoms with Crippen molar-refractivity contribution in [1.29, 1.82) is 0 Å². The summed E-state index contributed by atoms with van der Waals surface area (Å²) in [5.74, 6) is 1.59. The molecule has 6 nitrogen and oxygen atoms in total. The van der Waals surface area contributed by atoms with Crippen LogP contribution in [-0.4, -0.2) is 29.9 Å². The molecular formula is C21H11Br2ClN6.